The lowest BCUT2D eigenvalue weighted by Gasteiger charge is -2.31. The van der Waals surface area contributed by atoms with Gasteiger partial charge in [0.15, 0.2) is 0 Å². The number of benzene rings is 2. The van der Waals surface area contributed by atoms with E-state index in [-0.39, 0.29) is 11.9 Å². The molecule has 2 N–H and O–H groups in total. The van der Waals surface area contributed by atoms with Crippen molar-refractivity contribution in [1.82, 2.24) is 25.1 Å². The first-order chi connectivity index (χ1) is 15.2. The molecule has 164 valence electrons. The number of aromatic nitrogens is 2. The number of nitrogens with zero attached hydrogens (tertiary/aromatic N) is 3. The van der Waals surface area contributed by atoms with Crippen molar-refractivity contribution in [3.05, 3.63) is 65.5 Å². The number of hydrogen-bond donors (Lipinski definition) is 2. The topological polar surface area (TPSA) is 64.3 Å². The number of amides is 2. The van der Waals surface area contributed by atoms with Crippen LogP contribution < -0.4 is 5.32 Å². The predicted octanol–water partition coefficient (Wildman–Crippen LogP) is 4.49. The summed E-state index contributed by atoms with van der Waals surface area (Å²) in [6.07, 6.45) is 2.05. The van der Waals surface area contributed by atoms with Crippen LogP contribution in [-0.4, -0.2) is 52.0 Å². The van der Waals surface area contributed by atoms with E-state index in [4.69, 9.17) is 4.98 Å². The van der Waals surface area contributed by atoms with Crippen molar-refractivity contribution in [2.24, 2.45) is 0 Å². The SMILES string of the molecule is CCN(CC)Cc1ccc(CNC(=O)N2CCC[C@H](c3nc4ccccc4[nH]3)C2)cc1. The van der Waals surface area contributed by atoms with Gasteiger partial charge < -0.3 is 15.2 Å². The number of nitrogens with one attached hydrogen (secondary N) is 2. The number of carbonyl (C=O) groups is 1. The Bertz CT molecular complexity index is 960. The fourth-order valence-electron chi connectivity index (χ4n) is 4.31. The summed E-state index contributed by atoms with van der Waals surface area (Å²) in [7, 11) is 0. The van der Waals surface area contributed by atoms with Crippen LogP contribution in [0.15, 0.2) is 48.5 Å². The molecule has 31 heavy (non-hydrogen) atoms. The maximum Gasteiger partial charge on any atom is 0.317 e. The van der Waals surface area contributed by atoms with Gasteiger partial charge in [-0.15, -0.1) is 0 Å². The molecule has 0 spiro atoms. The summed E-state index contributed by atoms with van der Waals surface area (Å²) in [5.74, 6) is 1.24. The minimum atomic E-state index is 0.00743. The van der Waals surface area contributed by atoms with Gasteiger partial charge in [0.2, 0.25) is 0 Å². The first kappa shape index (κ1) is 21.4. The highest BCUT2D eigenvalue weighted by atomic mass is 16.2. The summed E-state index contributed by atoms with van der Waals surface area (Å²) in [5.41, 5.74) is 4.48. The van der Waals surface area contributed by atoms with Crippen molar-refractivity contribution >= 4 is 17.1 Å². The summed E-state index contributed by atoms with van der Waals surface area (Å²) in [5, 5.41) is 3.10. The minimum absolute atomic E-state index is 0.00743. The minimum Gasteiger partial charge on any atom is -0.342 e. The zero-order valence-electron chi connectivity index (χ0n) is 18.6. The van der Waals surface area contributed by atoms with E-state index in [9.17, 15) is 4.79 Å². The van der Waals surface area contributed by atoms with Gasteiger partial charge in [0, 0.05) is 32.1 Å². The number of aromatic amines is 1. The fourth-order valence-corrected chi connectivity index (χ4v) is 4.31. The summed E-state index contributed by atoms with van der Waals surface area (Å²) >= 11 is 0. The summed E-state index contributed by atoms with van der Waals surface area (Å²) < 4.78 is 0. The molecular weight excluding hydrogens is 386 g/mol. The highest BCUT2D eigenvalue weighted by Gasteiger charge is 2.26. The van der Waals surface area contributed by atoms with Crippen LogP contribution in [0.5, 0.6) is 0 Å². The number of imidazole rings is 1. The van der Waals surface area contributed by atoms with E-state index in [0.717, 1.165) is 61.4 Å². The van der Waals surface area contributed by atoms with Crippen LogP contribution in [0.4, 0.5) is 4.79 Å². The molecule has 1 fully saturated rings. The predicted molar refractivity (Wildman–Crippen MR) is 125 cm³/mol. The molecule has 0 radical (unpaired) electrons. The molecule has 6 heteroatoms. The normalized spacial score (nSPS) is 16.7. The first-order valence-electron chi connectivity index (χ1n) is 11.4. The van der Waals surface area contributed by atoms with E-state index in [1.807, 2.05) is 29.2 Å². The summed E-state index contributed by atoms with van der Waals surface area (Å²) in [4.78, 5) is 25.3. The molecule has 2 heterocycles. The third-order valence-corrected chi connectivity index (χ3v) is 6.27. The molecule has 0 saturated carbocycles. The molecule has 1 aliphatic heterocycles. The van der Waals surface area contributed by atoms with Gasteiger partial charge >= 0.3 is 6.03 Å². The molecular formula is C25H33N5O. The van der Waals surface area contributed by atoms with E-state index in [1.165, 1.54) is 5.56 Å². The van der Waals surface area contributed by atoms with Gasteiger partial charge in [0.25, 0.3) is 0 Å². The van der Waals surface area contributed by atoms with Gasteiger partial charge in [-0.05, 0) is 49.2 Å². The van der Waals surface area contributed by atoms with Crippen LogP contribution in [0.1, 0.15) is 49.6 Å². The number of carbonyl (C=O) groups excluding carboxylic acids is 1. The monoisotopic (exact) mass is 419 g/mol. The molecule has 1 aromatic heterocycles. The van der Waals surface area contributed by atoms with E-state index < -0.39 is 0 Å². The Morgan fingerprint density at radius 3 is 2.61 bits per heavy atom. The zero-order chi connectivity index (χ0) is 21.6. The Hall–Kier alpha value is -2.86. The lowest BCUT2D eigenvalue weighted by Crippen LogP contribution is -2.44. The van der Waals surface area contributed by atoms with Gasteiger partial charge in [-0.2, -0.15) is 0 Å². The van der Waals surface area contributed by atoms with Crippen LogP contribution in [0.25, 0.3) is 11.0 Å². The van der Waals surface area contributed by atoms with Crippen molar-refractivity contribution < 1.29 is 4.79 Å². The standard InChI is InChI=1S/C25H33N5O/c1-3-29(4-2)17-20-13-11-19(12-14-20)16-26-25(31)30-15-7-8-21(18-30)24-27-22-9-5-6-10-23(22)28-24/h5-6,9-14,21H,3-4,7-8,15-18H2,1-2H3,(H,26,31)(H,27,28)/t21-/m0/s1. The van der Waals surface area contributed by atoms with Gasteiger partial charge in [0.1, 0.15) is 5.82 Å². The van der Waals surface area contributed by atoms with Crippen LogP contribution in [0.2, 0.25) is 0 Å². The third kappa shape index (κ3) is 5.25. The second-order valence-corrected chi connectivity index (χ2v) is 8.36. The van der Waals surface area contributed by atoms with Gasteiger partial charge in [0.05, 0.1) is 11.0 Å². The molecule has 1 atom stereocenters. The van der Waals surface area contributed by atoms with E-state index >= 15 is 0 Å². The second-order valence-electron chi connectivity index (χ2n) is 8.36. The molecule has 3 aromatic rings. The second kappa shape index (κ2) is 9.96. The summed E-state index contributed by atoms with van der Waals surface area (Å²) in [6, 6.07) is 16.7. The van der Waals surface area contributed by atoms with Crippen LogP contribution in [-0.2, 0) is 13.1 Å². The molecule has 1 aliphatic rings. The number of urea groups is 1. The number of hydrogen-bond acceptors (Lipinski definition) is 3. The van der Waals surface area contributed by atoms with Crippen LogP contribution in [0.3, 0.4) is 0 Å². The Balaban J connectivity index is 1.31. The number of rotatable bonds is 7. The third-order valence-electron chi connectivity index (χ3n) is 6.27. The van der Waals surface area contributed by atoms with Crippen molar-refractivity contribution in [3.63, 3.8) is 0 Å². The van der Waals surface area contributed by atoms with Crippen molar-refractivity contribution in [2.45, 2.75) is 45.7 Å². The molecule has 6 nitrogen and oxygen atoms in total. The Kier molecular flexibility index (Phi) is 6.87. The van der Waals surface area contributed by atoms with E-state index in [1.54, 1.807) is 0 Å². The molecule has 2 amide bonds. The number of H-pyrrole nitrogens is 1. The molecule has 0 bridgehead atoms. The van der Waals surface area contributed by atoms with Gasteiger partial charge in [-0.25, -0.2) is 9.78 Å². The smallest absolute Gasteiger partial charge is 0.317 e. The maximum absolute atomic E-state index is 12.8. The van der Waals surface area contributed by atoms with Crippen molar-refractivity contribution in [2.75, 3.05) is 26.2 Å². The summed E-state index contributed by atoms with van der Waals surface area (Å²) in [6.45, 7) is 9.50. The Labute approximate surface area is 184 Å². The first-order valence-corrected chi connectivity index (χ1v) is 11.4. The molecule has 2 aromatic carbocycles. The van der Waals surface area contributed by atoms with E-state index in [2.05, 4.69) is 53.3 Å². The number of fused-ring (bicyclic) bond motifs is 1. The average molecular weight is 420 g/mol. The number of likely N-dealkylation sites (tertiary alicyclic amines) is 1. The fraction of sp³-hybridized carbons (Fsp3) is 0.440. The van der Waals surface area contributed by atoms with Crippen molar-refractivity contribution in [3.8, 4) is 0 Å². The highest BCUT2D eigenvalue weighted by molar-refractivity contribution is 5.75. The Morgan fingerprint density at radius 2 is 1.87 bits per heavy atom. The van der Waals surface area contributed by atoms with Crippen LogP contribution >= 0.6 is 0 Å². The zero-order valence-corrected chi connectivity index (χ0v) is 18.6. The largest absolute Gasteiger partial charge is 0.342 e. The molecule has 0 unspecified atom stereocenters. The Morgan fingerprint density at radius 1 is 1.13 bits per heavy atom. The highest BCUT2D eigenvalue weighted by Crippen LogP contribution is 2.26. The molecule has 4 rings (SSSR count). The maximum atomic E-state index is 12.8. The van der Waals surface area contributed by atoms with Gasteiger partial charge in [-0.1, -0.05) is 50.2 Å². The van der Waals surface area contributed by atoms with Crippen LogP contribution in [0, 0.1) is 0 Å². The number of para-hydroxylation sites is 2. The quantitative estimate of drug-likeness (QED) is 0.593. The average Bonchev–Trinajstić information content (AvgIpc) is 3.26. The van der Waals surface area contributed by atoms with E-state index in [0.29, 0.717) is 13.1 Å². The lowest BCUT2D eigenvalue weighted by molar-refractivity contribution is 0.178. The molecule has 1 saturated heterocycles. The van der Waals surface area contributed by atoms with Gasteiger partial charge in [-0.3, -0.25) is 4.90 Å². The lowest BCUT2D eigenvalue weighted by atomic mass is 9.97. The molecule has 0 aliphatic carbocycles. The van der Waals surface area contributed by atoms with Crippen molar-refractivity contribution in [1.29, 1.82) is 0 Å². The number of piperidine rings is 1.